The molecular weight excluding hydrogens is 132 g/mol. The third-order valence-corrected chi connectivity index (χ3v) is 3.14. The fourth-order valence-electron chi connectivity index (χ4n) is 2.46. The summed E-state index contributed by atoms with van der Waals surface area (Å²) in [6.07, 6.45) is 8.62. The molecule has 0 nitrogen and oxygen atoms in total. The molecule has 56 valence electrons. The molecule has 0 spiro atoms. The standard InChI is InChI=1S/C11H12/c1-7-2-3-10-8(4-7)5-9-6-11(9)10/h3-4,9,11H,1-2,5-6H2/t9-,11-/m1/s1. The lowest BCUT2D eigenvalue weighted by Crippen LogP contribution is -1.93. The van der Waals surface area contributed by atoms with E-state index in [-0.39, 0.29) is 0 Å². The van der Waals surface area contributed by atoms with Crippen molar-refractivity contribution in [3.05, 3.63) is 35.5 Å². The maximum absolute atomic E-state index is 3.99. The lowest BCUT2D eigenvalue weighted by Gasteiger charge is -2.11. The molecule has 0 N–H and O–H groups in total. The monoisotopic (exact) mass is 144 g/mol. The van der Waals surface area contributed by atoms with Crippen molar-refractivity contribution in [3.8, 4) is 0 Å². The Labute approximate surface area is 67.3 Å². The Morgan fingerprint density at radius 3 is 3.27 bits per heavy atom. The van der Waals surface area contributed by atoms with Crippen LogP contribution in [0.2, 0.25) is 0 Å². The summed E-state index contributed by atoms with van der Waals surface area (Å²) >= 11 is 0. The molecule has 0 unspecified atom stereocenters. The highest BCUT2D eigenvalue weighted by atomic mass is 14.5. The fraction of sp³-hybridized carbons (Fsp3) is 0.455. The van der Waals surface area contributed by atoms with Crippen LogP contribution in [0.3, 0.4) is 0 Å². The van der Waals surface area contributed by atoms with E-state index in [9.17, 15) is 0 Å². The first-order valence-electron chi connectivity index (χ1n) is 4.43. The molecule has 2 saturated carbocycles. The van der Waals surface area contributed by atoms with E-state index < -0.39 is 0 Å². The summed E-state index contributed by atoms with van der Waals surface area (Å²) in [6.45, 7) is 3.99. The van der Waals surface area contributed by atoms with Gasteiger partial charge in [0, 0.05) is 0 Å². The highest BCUT2D eigenvalue weighted by Crippen LogP contribution is 2.58. The number of hydrogen-bond acceptors (Lipinski definition) is 0. The van der Waals surface area contributed by atoms with Gasteiger partial charge in [-0.2, -0.15) is 0 Å². The molecule has 2 atom stereocenters. The summed E-state index contributed by atoms with van der Waals surface area (Å²) in [5.74, 6) is 1.99. The smallest absolute Gasteiger partial charge is 0.00972 e. The summed E-state index contributed by atoms with van der Waals surface area (Å²) in [6, 6.07) is 0. The zero-order valence-corrected chi connectivity index (χ0v) is 6.64. The number of rotatable bonds is 0. The topological polar surface area (TPSA) is 0 Å². The Hall–Kier alpha value is -0.780. The molecular formula is C11H12. The predicted molar refractivity (Wildman–Crippen MR) is 46.1 cm³/mol. The molecule has 3 aliphatic rings. The Bertz CT molecular complexity index is 291. The number of fused-ring (bicyclic) bond motifs is 3. The van der Waals surface area contributed by atoms with Crippen LogP contribution in [0.5, 0.6) is 0 Å². The maximum atomic E-state index is 3.99. The summed E-state index contributed by atoms with van der Waals surface area (Å²) in [4.78, 5) is 0. The highest BCUT2D eigenvalue weighted by molar-refractivity contribution is 5.50. The van der Waals surface area contributed by atoms with E-state index in [1.54, 1.807) is 11.1 Å². The van der Waals surface area contributed by atoms with E-state index in [1.165, 1.54) is 18.4 Å². The van der Waals surface area contributed by atoms with Crippen LogP contribution >= 0.6 is 0 Å². The SMILES string of the molecule is C=C1C=C2C[C@@H]3C[C@H]3C2=CC1. The minimum Gasteiger partial charge on any atom is -0.0955 e. The summed E-state index contributed by atoms with van der Waals surface area (Å²) in [5.41, 5.74) is 4.56. The molecule has 0 saturated heterocycles. The van der Waals surface area contributed by atoms with Gasteiger partial charge in [-0.05, 0) is 42.2 Å². The van der Waals surface area contributed by atoms with Gasteiger partial charge >= 0.3 is 0 Å². The molecule has 2 fully saturated rings. The number of hydrogen-bond donors (Lipinski definition) is 0. The van der Waals surface area contributed by atoms with E-state index in [1.807, 2.05) is 0 Å². The molecule has 11 heavy (non-hydrogen) atoms. The molecule has 0 amide bonds. The second-order valence-corrected chi connectivity index (χ2v) is 4.00. The normalized spacial score (nSPS) is 39.1. The molecule has 0 heterocycles. The average molecular weight is 144 g/mol. The fourth-order valence-corrected chi connectivity index (χ4v) is 2.46. The second kappa shape index (κ2) is 1.69. The third kappa shape index (κ3) is 0.699. The minimum atomic E-state index is 0.967. The summed E-state index contributed by atoms with van der Waals surface area (Å²) in [7, 11) is 0. The summed E-state index contributed by atoms with van der Waals surface area (Å²) < 4.78 is 0. The largest absolute Gasteiger partial charge is 0.0955 e. The van der Waals surface area contributed by atoms with Crippen LogP contribution in [0.4, 0.5) is 0 Å². The van der Waals surface area contributed by atoms with Crippen LogP contribution in [-0.2, 0) is 0 Å². The predicted octanol–water partition coefficient (Wildman–Crippen LogP) is 2.84. The van der Waals surface area contributed by atoms with E-state index in [4.69, 9.17) is 0 Å². The molecule has 0 aromatic rings. The zero-order chi connectivity index (χ0) is 7.42. The first kappa shape index (κ1) is 5.82. The molecule has 0 aromatic heterocycles. The van der Waals surface area contributed by atoms with Gasteiger partial charge in [0.05, 0.1) is 0 Å². The Kier molecular flexibility index (Phi) is 0.892. The highest BCUT2D eigenvalue weighted by Gasteiger charge is 2.47. The van der Waals surface area contributed by atoms with Crippen LogP contribution < -0.4 is 0 Å². The van der Waals surface area contributed by atoms with E-state index >= 15 is 0 Å². The second-order valence-electron chi connectivity index (χ2n) is 4.00. The minimum absolute atomic E-state index is 0.967. The quantitative estimate of drug-likeness (QED) is 0.490. The van der Waals surface area contributed by atoms with Crippen LogP contribution in [0.1, 0.15) is 19.3 Å². The molecule has 3 aliphatic carbocycles. The van der Waals surface area contributed by atoms with Gasteiger partial charge in [-0.3, -0.25) is 0 Å². The average Bonchev–Trinajstić information content (AvgIpc) is 2.63. The van der Waals surface area contributed by atoms with Gasteiger partial charge in [-0.15, -0.1) is 0 Å². The zero-order valence-electron chi connectivity index (χ0n) is 6.64. The molecule has 3 rings (SSSR count). The molecule has 0 aromatic carbocycles. The third-order valence-electron chi connectivity index (χ3n) is 3.14. The Balaban J connectivity index is 2.05. The van der Waals surface area contributed by atoms with E-state index in [0.29, 0.717) is 0 Å². The van der Waals surface area contributed by atoms with Gasteiger partial charge in [0.25, 0.3) is 0 Å². The van der Waals surface area contributed by atoms with Gasteiger partial charge in [-0.1, -0.05) is 24.3 Å². The Morgan fingerprint density at radius 2 is 2.36 bits per heavy atom. The lowest BCUT2D eigenvalue weighted by atomic mass is 9.94. The van der Waals surface area contributed by atoms with Crippen LogP contribution in [0.15, 0.2) is 35.5 Å². The van der Waals surface area contributed by atoms with Gasteiger partial charge in [-0.25, -0.2) is 0 Å². The van der Waals surface area contributed by atoms with Crippen molar-refractivity contribution in [1.29, 1.82) is 0 Å². The van der Waals surface area contributed by atoms with Crippen molar-refractivity contribution in [1.82, 2.24) is 0 Å². The summed E-state index contributed by atoms with van der Waals surface area (Å²) in [5, 5.41) is 0. The van der Waals surface area contributed by atoms with Crippen molar-refractivity contribution >= 4 is 0 Å². The van der Waals surface area contributed by atoms with E-state index in [2.05, 4.69) is 18.7 Å². The maximum Gasteiger partial charge on any atom is -0.00972 e. The van der Waals surface area contributed by atoms with Crippen molar-refractivity contribution in [2.24, 2.45) is 11.8 Å². The van der Waals surface area contributed by atoms with Gasteiger partial charge in [0.2, 0.25) is 0 Å². The molecule has 0 aliphatic heterocycles. The first-order chi connectivity index (χ1) is 5.34. The van der Waals surface area contributed by atoms with E-state index in [0.717, 1.165) is 18.3 Å². The van der Waals surface area contributed by atoms with Crippen molar-refractivity contribution in [2.45, 2.75) is 19.3 Å². The first-order valence-corrected chi connectivity index (χ1v) is 4.43. The van der Waals surface area contributed by atoms with Gasteiger partial charge in [0.1, 0.15) is 0 Å². The Morgan fingerprint density at radius 1 is 1.45 bits per heavy atom. The van der Waals surface area contributed by atoms with Crippen LogP contribution in [-0.4, -0.2) is 0 Å². The van der Waals surface area contributed by atoms with Gasteiger partial charge in [0.15, 0.2) is 0 Å². The van der Waals surface area contributed by atoms with Gasteiger partial charge < -0.3 is 0 Å². The van der Waals surface area contributed by atoms with Crippen molar-refractivity contribution in [2.75, 3.05) is 0 Å². The lowest BCUT2D eigenvalue weighted by molar-refractivity contribution is 0.855. The van der Waals surface area contributed by atoms with Crippen molar-refractivity contribution < 1.29 is 0 Å². The van der Waals surface area contributed by atoms with Crippen LogP contribution in [0, 0.1) is 11.8 Å². The molecule has 0 radical (unpaired) electrons. The van der Waals surface area contributed by atoms with Crippen LogP contribution in [0.25, 0.3) is 0 Å². The van der Waals surface area contributed by atoms with Crippen molar-refractivity contribution in [3.63, 3.8) is 0 Å². The molecule has 0 bridgehead atoms. The number of allylic oxidation sites excluding steroid dienone is 5. The molecule has 0 heteroatoms.